The summed E-state index contributed by atoms with van der Waals surface area (Å²) in [5.74, 6) is 1.41. The molecule has 0 unspecified atom stereocenters. The maximum absolute atomic E-state index is 12.5. The first-order valence-corrected chi connectivity index (χ1v) is 10.6. The minimum absolute atomic E-state index is 0.0682. The third-order valence-corrected chi connectivity index (χ3v) is 5.56. The van der Waals surface area contributed by atoms with E-state index >= 15 is 0 Å². The second-order valence-corrected chi connectivity index (χ2v) is 8.25. The van der Waals surface area contributed by atoms with Crippen LogP contribution in [0.5, 0.6) is 0 Å². The van der Waals surface area contributed by atoms with Gasteiger partial charge in [0.1, 0.15) is 12.1 Å². The van der Waals surface area contributed by atoms with E-state index in [1.54, 1.807) is 9.58 Å². The molecule has 0 radical (unpaired) electrons. The second kappa shape index (κ2) is 9.07. The van der Waals surface area contributed by atoms with Crippen molar-refractivity contribution in [3.05, 3.63) is 54.6 Å². The molecule has 1 N–H and O–H groups in total. The molecule has 0 spiro atoms. The molecule has 0 aliphatic carbocycles. The van der Waals surface area contributed by atoms with E-state index in [1.165, 1.54) is 30.6 Å². The number of hydrogen-bond acceptors (Lipinski definition) is 6. The Hall–Kier alpha value is -3.28. The number of thioether (sulfide) groups is 1. The molecule has 1 aliphatic rings. The van der Waals surface area contributed by atoms with Gasteiger partial charge in [-0.3, -0.25) is 0 Å². The summed E-state index contributed by atoms with van der Waals surface area (Å²) in [4.78, 5) is 24.9. The zero-order valence-electron chi connectivity index (χ0n) is 17.1. The molecule has 8 nitrogen and oxygen atoms in total. The number of nitrogens with one attached hydrogen (secondary N) is 1. The SMILES string of the molecule is Cc1ccn(-c2cc(N3CCN(C(=O)Nc4ccc(SC(F)(F)F)cc4)CC3)ncn2)n1. The van der Waals surface area contributed by atoms with Gasteiger partial charge in [0.2, 0.25) is 0 Å². The molecule has 3 heterocycles. The molecular weight excluding hydrogens is 443 g/mol. The Balaban J connectivity index is 1.32. The van der Waals surface area contributed by atoms with Crippen LogP contribution in [0, 0.1) is 6.92 Å². The Morgan fingerprint density at radius 2 is 1.72 bits per heavy atom. The Morgan fingerprint density at radius 1 is 1.03 bits per heavy atom. The van der Waals surface area contributed by atoms with Gasteiger partial charge < -0.3 is 15.1 Å². The molecule has 32 heavy (non-hydrogen) atoms. The van der Waals surface area contributed by atoms with Crippen molar-refractivity contribution in [3.63, 3.8) is 0 Å². The molecule has 3 aromatic rings. The number of benzene rings is 1. The largest absolute Gasteiger partial charge is 0.446 e. The Kier molecular flexibility index (Phi) is 6.21. The summed E-state index contributed by atoms with van der Waals surface area (Å²) in [6.07, 6.45) is 3.32. The van der Waals surface area contributed by atoms with Gasteiger partial charge in [-0.15, -0.1) is 0 Å². The first-order chi connectivity index (χ1) is 15.3. The fraction of sp³-hybridized carbons (Fsp3) is 0.300. The van der Waals surface area contributed by atoms with Crippen LogP contribution in [0.3, 0.4) is 0 Å². The highest BCUT2D eigenvalue weighted by Crippen LogP contribution is 2.37. The third kappa shape index (κ3) is 5.49. The smallest absolute Gasteiger partial charge is 0.353 e. The molecule has 2 amide bonds. The molecular formula is C20H20F3N7OS. The van der Waals surface area contributed by atoms with E-state index < -0.39 is 5.51 Å². The standard InChI is InChI=1S/C20H20F3N7OS/c1-14-6-7-30(27-14)18-12-17(24-13-25-18)28-8-10-29(11-9-28)19(31)26-15-2-4-16(5-3-15)32-20(21,22)23/h2-7,12-13H,8-11H2,1H3,(H,26,31). The second-order valence-electron chi connectivity index (χ2n) is 7.11. The van der Waals surface area contributed by atoms with Gasteiger partial charge in [0, 0.05) is 49.0 Å². The van der Waals surface area contributed by atoms with Gasteiger partial charge in [-0.05, 0) is 49.0 Å². The summed E-state index contributed by atoms with van der Waals surface area (Å²) >= 11 is -0.189. The summed E-state index contributed by atoms with van der Waals surface area (Å²) in [5.41, 5.74) is -3.01. The van der Waals surface area contributed by atoms with E-state index in [2.05, 4.69) is 25.3 Å². The molecule has 1 aliphatic heterocycles. The van der Waals surface area contributed by atoms with Crippen molar-refractivity contribution >= 4 is 29.3 Å². The molecule has 1 aromatic carbocycles. The van der Waals surface area contributed by atoms with E-state index in [0.717, 1.165) is 11.5 Å². The predicted octanol–water partition coefficient (Wildman–Crippen LogP) is 3.94. The fourth-order valence-corrected chi connectivity index (χ4v) is 3.80. The molecule has 168 valence electrons. The highest BCUT2D eigenvalue weighted by Gasteiger charge is 2.29. The van der Waals surface area contributed by atoms with Crippen LogP contribution in [0.1, 0.15) is 5.69 Å². The Labute approximate surface area is 186 Å². The molecule has 2 aromatic heterocycles. The average molecular weight is 463 g/mol. The molecule has 0 saturated carbocycles. The van der Waals surface area contributed by atoms with Gasteiger partial charge in [0.05, 0.1) is 5.69 Å². The van der Waals surface area contributed by atoms with E-state index in [1.807, 2.05) is 25.3 Å². The summed E-state index contributed by atoms with van der Waals surface area (Å²) in [6.45, 7) is 4.03. The van der Waals surface area contributed by atoms with Crippen LogP contribution < -0.4 is 10.2 Å². The van der Waals surface area contributed by atoms with Crippen LogP contribution >= 0.6 is 11.8 Å². The van der Waals surface area contributed by atoms with Crippen LogP contribution in [-0.4, -0.2) is 62.4 Å². The van der Waals surface area contributed by atoms with Crippen molar-refractivity contribution in [3.8, 4) is 5.82 Å². The first kappa shape index (κ1) is 21.9. The topological polar surface area (TPSA) is 79.2 Å². The summed E-state index contributed by atoms with van der Waals surface area (Å²) < 4.78 is 39.0. The number of amides is 2. The minimum Gasteiger partial charge on any atom is -0.353 e. The molecule has 12 heteroatoms. The quantitative estimate of drug-likeness (QED) is 0.591. The summed E-state index contributed by atoms with van der Waals surface area (Å²) in [5, 5.41) is 7.08. The average Bonchev–Trinajstić information content (AvgIpc) is 3.21. The third-order valence-electron chi connectivity index (χ3n) is 4.83. The number of aromatic nitrogens is 4. The predicted molar refractivity (Wildman–Crippen MR) is 115 cm³/mol. The Bertz CT molecular complexity index is 1080. The van der Waals surface area contributed by atoms with Crippen molar-refractivity contribution in [2.75, 3.05) is 36.4 Å². The van der Waals surface area contributed by atoms with E-state index in [9.17, 15) is 18.0 Å². The zero-order valence-corrected chi connectivity index (χ0v) is 17.9. The lowest BCUT2D eigenvalue weighted by Crippen LogP contribution is -2.50. The number of halogens is 3. The van der Waals surface area contributed by atoms with Gasteiger partial charge in [-0.1, -0.05) is 0 Å². The number of nitrogens with zero attached hydrogens (tertiary/aromatic N) is 6. The normalized spacial score (nSPS) is 14.5. The lowest BCUT2D eigenvalue weighted by atomic mass is 10.3. The van der Waals surface area contributed by atoms with Crippen molar-refractivity contribution in [2.45, 2.75) is 17.3 Å². The first-order valence-electron chi connectivity index (χ1n) is 9.78. The number of carbonyl (C=O) groups is 1. The summed E-state index contributed by atoms with van der Waals surface area (Å²) in [6, 6.07) is 9.03. The van der Waals surface area contributed by atoms with Crippen molar-refractivity contribution in [2.24, 2.45) is 0 Å². The van der Waals surface area contributed by atoms with Crippen molar-refractivity contribution in [1.29, 1.82) is 0 Å². The van der Waals surface area contributed by atoms with Crippen molar-refractivity contribution < 1.29 is 18.0 Å². The molecule has 0 bridgehead atoms. The van der Waals surface area contributed by atoms with Gasteiger partial charge in [-0.2, -0.15) is 18.3 Å². The molecule has 0 atom stereocenters. The van der Waals surface area contributed by atoms with Crippen molar-refractivity contribution in [1.82, 2.24) is 24.6 Å². The maximum atomic E-state index is 12.5. The fourth-order valence-electron chi connectivity index (χ4n) is 3.26. The Morgan fingerprint density at radius 3 is 2.34 bits per heavy atom. The van der Waals surface area contributed by atoms with Crippen LogP contribution in [0.2, 0.25) is 0 Å². The maximum Gasteiger partial charge on any atom is 0.446 e. The van der Waals surface area contributed by atoms with Gasteiger partial charge >= 0.3 is 11.5 Å². The number of alkyl halides is 3. The number of anilines is 2. The number of piperazine rings is 1. The molecule has 1 saturated heterocycles. The van der Waals surface area contributed by atoms with Gasteiger partial charge in [-0.25, -0.2) is 19.4 Å². The van der Waals surface area contributed by atoms with Crippen LogP contribution in [0.15, 0.2) is 53.8 Å². The monoisotopic (exact) mass is 463 g/mol. The van der Waals surface area contributed by atoms with E-state index in [4.69, 9.17) is 0 Å². The highest BCUT2D eigenvalue weighted by molar-refractivity contribution is 8.00. The van der Waals surface area contributed by atoms with Crippen LogP contribution in [-0.2, 0) is 0 Å². The van der Waals surface area contributed by atoms with E-state index in [0.29, 0.717) is 37.7 Å². The van der Waals surface area contributed by atoms with Crippen LogP contribution in [0.4, 0.5) is 29.5 Å². The number of rotatable bonds is 4. The lowest BCUT2D eigenvalue weighted by Gasteiger charge is -2.35. The number of carbonyl (C=O) groups excluding carboxylic acids is 1. The zero-order chi connectivity index (χ0) is 22.7. The molecule has 4 rings (SSSR count). The number of urea groups is 1. The van der Waals surface area contributed by atoms with Crippen LogP contribution in [0.25, 0.3) is 5.82 Å². The van der Waals surface area contributed by atoms with Gasteiger partial charge in [0.15, 0.2) is 5.82 Å². The number of hydrogen-bond donors (Lipinski definition) is 1. The number of aryl methyl sites for hydroxylation is 1. The lowest BCUT2D eigenvalue weighted by molar-refractivity contribution is -0.0328. The minimum atomic E-state index is -4.34. The van der Waals surface area contributed by atoms with Gasteiger partial charge in [0.25, 0.3) is 0 Å². The molecule has 1 fully saturated rings. The highest BCUT2D eigenvalue weighted by atomic mass is 32.2. The summed E-state index contributed by atoms with van der Waals surface area (Å²) in [7, 11) is 0. The van der Waals surface area contributed by atoms with E-state index in [-0.39, 0.29) is 22.7 Å².